The lowest BCUT2D eigenvalue weighted by Gasteiger charge is -2.09. The van der Waals surface area contributed by atoms with Crippen molar-refractivity contribution in [2.24, 2.45) is 0 Å². The zero-order valence-electron chi connectivity index (χ0n) is 13.4. The Bertz CT molecular complexity index is 918. The van der Waals surface area contributed by atoms with Crippen LogP contribution in [0.2, 0.25) is 0 Å². The largest absolute Gasteiger partial charge is 0.443 e. The molecule has 0 N–H and O–H groups in total. The summed E-state index contributed by atoms with van der Waals surface area (Å²) >= 11 is 0. The van der Waals surface area contributed by atoms with Crippen LogP contribution in [-0.2, 0) is 23.8 Å². The molecule has 2 aromatic carbocycles. The van der Waals surface area contributed by atoms with Crippen molar-refractivity contribution in [1.29, 1.82) is 0 Å². The predicted molar refractivity (Wildman–Crippen MR) is 85.8 cm³/mol. The molecule has 0 amide bonds. The molecule has 0 unspecified atom stereocenters. The monoisotopic (exact) mass is 363 g/mol. The van der Waals surface area contributed by atoms with E-state index in [-0.39, 0.29) is 35.5 Å². The van der Waals surface area contributed by atoms with E-state index < -0.39 is 17.6 Å². The fourth-order valence-electron chi connectivity index (χ4n) is 2.59. The molecule has 0 spiro atoms. The van der Waals surface area contributed by atoms with Crippen LogP contribution in [0.25, 0.3) is 11.3 Å². The van der Waals surface area contributed by atoms with Crippen molar-refractivity contribution in [3.05, 3.63) is 77.6 Å². The first-order valence-corrected chi connectivity index (χ1v) is 7.68. The Balaban J connectivity index is 1.70. The van der Waals surface area contributed by atoms with Gasteiger partial charge in [0.1, 0.15) is 11.6 Å². The molecule has 3 nitrogen and oxygen atoms in total. The van der Waals surface area contributed by atoms with Crippen molar-refractivity contribution >= 4 is 5.78 Å². The van der Waals surface area contributed by atoms with Crippen LogP contribution >= 0.6 is 0 Å². The third kappa shape index (κ3) is 4.17. The number of carbonyl (C=O) groups is 1. The van der Waals surface area contributed by atoms with E-state index in [1.807, 2.05) is 0 Å². The Morgan fingerprint density at radius 3 is 2.38 bits per heavy atom. The number of ketones is 1. The van der Waals surface area contributed by atoms with Crippen LogP contribution in [0.5, 0.6) is 0 Å². The molecule has 0 atom stereocenters. The average Bonchev–Trinajstić information content (AvgIpc) is 3.08. The Morgan fingerprint density at radius 2 is 1.77 bits per heavy atom. The SMILES string of the molecule is O=C(Cc1cccc(C(F)(F)F)c1)Cc1ccc(-c2cnco2)c(F)c1. The summed E-state index contributed by atoms with van der Waals surface area (Å²) in [5.41, 5.74) is 0.119. The molecule has 0 aliphatic heterocycles. The van der Waals surface area contributed by atoms with Gasteiger partial charge in [-0.3, -0.25) is 4.79 Å². The summed E-state index contributed by atoms with van der Waals surface area (Å²) in [6, 6.07) is 8.88. The molecule has 1 aromatic heterocycles. The summed E-state index contributed by atoms with van der Waals surface area (Å²) in [5.74, 6) is -0.605. The topological polar surface area (TPSA) is 43.1 Å². The smallest absolute Gasteiger partial charge is 0.416 e. The number of alkyl halides is 3. The highest BCUT2D eigenvalue weighted by Gasteiger charge is 2.30. The van der Waals surface area contributed by atoms with Crippen LogP contribution in [0.3, 0.4) is 0 Å². The fraction of sp³-hybridized carbons (Fsp3) is 0.158. The summed E-state index contributed by atoms with van der Waals surface area (Å²) in [7, 11) is 0. The standard InChI is InChI=1S/C19H13F4NO2/c20-17-9-13(4-5-16(17)18-10-24-11-26-18)8-15(25)7-12-2-1-3-14(6-12)19(21,22)23/h1-6,9-11H,7-8H2. The molecule has 26 heavy (non-hydrogen) atoms. The Hall–Kier alpha value is -2.96. The van der Waals surface area contributed by atoms with Crippen LogP contribution in [0.15, 0.2) is 59.5 Å². The van der Waals surface area contributed by atoms with E-state index in [1.54, 1.807) is 6.07 Å². The molecule has 3 aromatic rings. The van der Waals surface area contributed by atoms with Gasteiger partial charge >= 0.3 is 6.18 Å². The second-order valence-electron chi connectivity index (χ2n) is 5.77. The summed E-state index contributed by atoms with van der Waals surface area (Å²) in [6.45, 7) is 0. The van der Waals surface area contributed by atoms with Crippen LogP contribution in [0.4, 0.5) is 17.6 Å². The van der Waals surface area contributed by atoms with Crippen LogP contribution < -0.4 is 0 Å². The second-order valence-corrected chi connectivity index (χ2v) is 5.77. The number of oxazole rings is 1. The number of halogens is 4. The molecule has 0 aliphatic rings. The minimum absolute atomic E-state index is 0.0795. The van der Waals surface area contributed by atoms with Crippen LogP contribution in [0, 0.1) is 5.82 Å². The minimum Gasteiger partial charge on any atom is -0.443 e. The highest BCUT2D eigenvalue weighted by atomic mass is 19.4. The summed E-state index contributed by atoms with van der Waals surface area (Å²) in [5, 5.41) is 0. The fourth-order valence-corrected chi connectivity index (χ4v) is 2.59. The molecule has 0 aliphatic carbocycles. The first kappa shape index (κ1) is 17.8. The quantitative estimate of drug-likeness (QED) is 0.609. The van der Waals surface area contributed by atoms with Gasteiger partial charge in [-0.1, -0.05) is 24.3 Å². The maximum absolute atomic E-state index is 14.2. The highest BCUT2D eigenvalue weighted by molar-refractivity contribution is 5.83. The number of nitrogens with zero attached hydrogens (tertiary/aromatic N) is 1. The third-order valence-electron chi connectivity index (χ3n) is 3.79. The van der Waals surface area contributed by atoms with Crippen LogP contribution in [0.1, 0.15) is 16.7 Å². The minimum atomic E-state index is -4.46. The van der Waals surface area contributed by atoms with Crippen molar-refractivity contribution in [3.63, 3.8) is 0 Å². The molecule has 134 valence electrons. The summed E-state index contributed by atoms with van der Waals surface area (Å²) < 4.78 is 57.3. The van der Waals surface area contributed by atoms with Gasteiger partial charge in [0, 0.05) is 12.8 Å². The number of aromatic nitrogens is 1. The van der Waals surface area contributed by atoms with Gasteiger partial charge in [-0.2, -0.15) is 13.2 Å². The normalized spacial score (nSPS) is 11.5. The highest BCUT2D eigenvalue weighted by Crippen LogP contribution is 2.29. The lowest BCUT2D eigenvalue weighted by molar-refractivity contribution is -0.137. The molecule has 0 saturated carbocycles. The van der Waals surface area contributed by atoms with E-state index in [1.165, 1.54) is 36.9 Å². The van der Waals surface area contributed by atoms with Crippen molar-refractivity contribution in [2.75, 3.05) is 0 Å². The molecule has 3 rings (SSSR count). The van der Waals surface area contributed by atoms with Gasteiger partial charge in [-0.15, -0.1) is 0 Å². The van der Waals surface area contributed by atoms with E-state index in [4.69, 9.17) is 4.42 Å². The van der Waals surface area contributed by atoms with Gasteiger partial charge in [-0.05, 0) is 29.3 Å². The van der Waals surface area contributed by atoms with Crippen molar-refractivity contribution in [1.82, 2.24) is 4.98 Å². The number of benzene rings is 2. The summed E-state index contributed by atoms with van der Waals surface area (Å²) in [6.07, 6.45) is -2.14. The summed E-state index contributed by atoms with van der Waals surface area (Å²) in [4.78, 5) is 15.8. The van der Waals surface area contributed by atoms with E-state index in [0.29, 0.717) is 5.56 Å². The van der Waals surface area contributed by atoms with E-state index in [9.17, 15) is 22.4 Å². The first-order valence-electron chi connectivity index (χ1n) is 7.68. The Kier molecular flexibility index (Phi) is 4.88. The Labute approximate surface area is 146 Å². The Morgan fingerprint density at radius 1 is 1.04 bits per heavy atom. The van der Waals surface area contributed by atoms with Gasteiger partial charge in [0.05, 0.1) is 17.3 Å². The zero-order chi connectivity index (χ0) is 18.7. The maximum atomic E-state index is 14.2. The molecule has 7 heteroatoms. The van der Waals surface area contributed by atoms with E-state index in [0.717, 1.165) is 12.1 Å². The van der Waals surface area contributed by atoms with Gasteiger partial charge in [0.15, 0.2) is 12.2 Å². The molecule has 0 bridgehead atoms. The maximum Gasteiger partial charge on any atom is 0.416 e. The van der Waals surface area contributed by atoms with Crippen molar-refractivity contribution in [3.8, 4) is 11.3 Å². The molecule has 0 fully saturated rings. The van der Waals surface area contributed by atoms with Gasteiger partial charge < -0.3 is 4.42 Å². The van der Waals surface area contributed by atoms with Gasteiger partial charge in [-0.25, -0.2) is 9.37 Å². The lowest BCUT2D eigenvalue weighted by atomic mass is 10.00. The molecular weight excluding hydrogens is 350 g/mol. The predicted octanol–water partition coefficient (Wildman–Crippen LogP) is 4.85. The number of hydrogen-bond donors (Lipinski definition) is 0. The number of carbonyl (C=O) groups excluding carboxylic acids is 1. The average molecular weight is 363 g/mol. The molecule has 0 radical (unpaired) electrons. The van der Waals surface area contributed by atoms with E-state index in [2.05, 4.69) is 4.98 Å². The number of hydrogen-bond acceptors (Lipinski definition) is 3. The lowest BCUT2D eigenvalue weighted by Crippen LogP contribution is -2.09. The first-order chi connectivity index (χ1) is 12.3. The number of Topliss-reactive ketones (excluding diaryl/α,β-unsaturated/α-hetero) is 1. The molecule has 0 saturated heterocycles. The van der Waals surface area contributed by atoms with Gasteiger partial charge in [0.25, 0.3) is 0 Å². The van der Waals surface area contributed by atoms with Crippen molar-refractivity contribution < 1.29 is 26.8 Å². The second kappa shape index (κ2) is 7.11. The van der Waals surface area contributed by atoms with Crippen LogP contribution in [-0.4, -0.2) is 10.8 Å². The zero-order valence-corrected chi connectivity index (χ0v) is 13.4. The third-order valence-corrected chi connectivity index (χ3v) is 3.79. The number of rotatable bonds is 5. The van der Waals surface area contributed by atoms with Gasteiger partial charge in [0.2, 0.25) is 0 Å². The van der Waals surface area contributed by atoms with E-state index >= 15 is 0 Å². The molecule has 1 heterocycles. The molecular formula is C19H13F4NO2. The van der Waals surface area contributed by atoms with Crippen molar-refractivity contribution in [2.45, 2.75) is 19.0 Å².